The van der Waals surface area contributed by atoms with Gasteiger partial charge in [-0.25, -0.2) is 32.1 Å². The predicted octanol–water partition coefficient (Wildman–Crippen LogP) is 7.73. The second kappa shape index (κ2) is 12.8. The molecule has 4 aromatic rings. The van der Waals surface area contributed by atoms with Gasteiger partial charge in [-0.2, -0.15) is 13.2 Å². The number of ether oxygens (including phenoxy) is 2. The fraction of sp³-hybridized carbons (Fsp3) is 0.310. The Balaban J connectivity index is 1.86. The van der Waals surface area contributed by atoms with Gasteiger partial charge in [-0.05, 0) is 54.4 Å². The minimum Gasteiger partial charge on any atom is -0.494 e. The van der Waals surface area contributed by atoms with Crippen LogP contribution in [0.2, 0.25) is 0 Å². The molecule has 2 heterocycles. The number of pyridine rings is 2. The smallest absolute Gasteiger partial charge is 0.424 e. The van der Waals surface area contributed by atoms with Gasteiger partial charge >= 0.3 is 6.18 Å². The van der Waals surface area contributed by atoms with Gasteiger partial charge in [-0.1, -0.05) is 11.4 Å². The molecule has 0 bridgehead atoms. The molecule has 2 aromatic carbocycles. The summed E-state index contributed by atoms with van der Waals surface area (Å²) in [6, 6.07) is 7.77. The highest BCUT2D eigenvalue weighted by atomic mass is 19.4. The van der Waals surface area contributed by atoms with Crippen LogP contribution in [0.15, 0.2) is 54.7 Å². The Morgan fingerprint density at radius 2 is 1.68 bits per heavy atom. The van der Waals surface area contributed by atoms with Crippen LogP contribution in [0.4, 0.5) is 45.3 Å². The molecule has 0 fully saturated rings. The summed E-state index contributed by atoms with van der Waals surface area (Å²) in [5.74, 6) is -1.19. The zero-order chi connectivity index (χ0) is 32.4. The first-order valence-electron chi connectivity index (χ1n) is 12.9. The number of rotatable bonds is 11. The third-order valence-corrected chi connectivity index (χ3v) is 6.67. The molecule has 0 saturated heterocycles. The van der Waals surface area contributed by atoms with Crippen LogP contribution in [0.25, 0.3) is 22.2 Å². The normalized spacial score (nSPS) is 13.4. The number of aryl methyl sites for hydroxylation is 1. The largest absolute Gasteiger partial charge is 0.494 e. The summed E-state index contributed by atoms with van der Waals surface area (Å²) in [7, 11) is 1.15. The first kappa shape index (κ1) is 32.6. The predicted molar refractivity (Wildman–Crippen MR) is 142 cm³/mol. The van der Waals surface area contributed by atoms with E-state index in [0.29, 0.717) is 0 Å². The quantitative estimate of drug-likeness (QED) is 0.135. The van der Waals surface area contributed by atoms with Crippen molar-refractivity contribution in [2.75, 3.05) is 25.4 Å². The lowest BCUT2D eigenvalue weighted by molar-refractivity contribution is -0.265. The number of fused-ring (bicyclic) bond motifs is 1. The molecule has 0 aliphatic carbocycles. The van der Waals surface area contributed by atoms with Crippen molar-refractivity contribution in [3.05, 3.63) is 77.4 Å². The van der Waals surface area contributed by atoms with Gasteiger partial charge in [-0.3, -0.25) is 4.98 Å². The number of benzene rings is 2. The fourth-order valence-corrected chi connectivity index (χ4v) is 4.41. The number of nitrogens with zero attached hydrogens (tertiary/aromatic N) is 3. The maximum atomic E-state index is 15.7. The van der Waals surface area contributed by atoms with E-state index in [0.717, 1.165) is 61.8 Å². The Morgan fingerprint density at radius 3 is 2.25 bits per heavy atom. The van der Waals surface area contributed by atoms with E-state index in [4.69, 9.17) is 9.47 Å². The molecular formula is C29H24F9N3O3. The molecule has 4 rings (SSSR count). The number of hydrogen-bond donors (Lipinski definition) is 1. The van der Waals surface area contributed by atoms with Crippen molar-refractivity contribution in [2.24, 2.45) is 0 Å². The van der Waals surface area contributed by atoms with E-state index in [-0.39, 0.29) is 39.9 Å². The first-order valence-corrected chi connectivity index (χ1v) is 12.9. The molecule has 0 aliphatic heterocycles. The fourth-order valence-electron chi connectivity index (χ4n) is 4.41. The summed E-state index contributed by atoms with van der Waals surface area (Å²) < 4.78 is 136. The average Bonchev–Trinajstić information content (AvgIpc) is 2.98. The number of aliphatic hydroxyl groups is 1. The van der Waals surface area contributed by atoms with Gasteiger partial charge in [0.1, 0.15) is 35.1 Å². The summed E-state index contributed by atoms with van der Waals surface area (Å²) in [5, 5.41) is 10.6. The van der Waals surface area contributed by atoms with Gasteiger partial charge < -0.3 is 14.6 Å². The molecule has 2 aromatic heterocycles. The van der Waals surface area contributed by atoms with Crippen LogP contribution in [0.5, 0.6) is 11.5 Å². The molecule has 0 spiro atoms. The van der Waals surface area contributed by atoms with E-state index in [1.54, 1.807) is 0 Å². The topological polar surface area (TPSA) is 67.7 Å². The van der Waals surface area contributed by atoms with Crippen LogP contribution in [0.3, 0.4) is 0 Å². The molecule has 6 nitrogen and oxygen atoms in total. The van der Waals surface area contributed by atoms with E-state index in [2.05, 4.69) is 9.97 Å². The summed E-state index contributed by atoms with van der Waals surface area (Å²) in [5.41, 5.74) is -6.78. The highest BCUT2D eigenvalue weighted by molar-refractivity contribution is 5.88. The molecule has 0 unspecified atom stereocenters. The van der Waals surface area contributed by atoms with E-state index in [1.165, 1.54) is 6.92 Å². The zero-order valence-electron chi connectivity index (χ0n) is 23.0. The van der Waals surface area contributed by atoms with Crippen LogP contribution in [-0.2, 0) is 12.0 Å². The third kappa shape index (κ3) is 6.61. The number of hydrogen-bond acceptors (Lipinski definition) is 6. The summed E-state index contributed by atoms with van der Waals surface area (Å²) in [6.07, 6.45) is -10.7. The summed E-state index contributed by atoms with van der Waals surface area (Å²) in [6.45, 7) is -1.47. The molecule has 1 N–H and O–H groups in total. The Hall–Kier alpha value is -4.27. The van der Waals surface area contributed by atoms with Crippen molar-refractivity contribution in [3.8, 4) is 22.8 Å². The van der Waals surface area contributed by atoms with Gasteiger partial charge in [-0.15, -0.1) is 0 Å². The molecule has 15 heteroatoms. The van der Waals surface area contributed by atoms with E-state index in [1.807, 2.05) is 0 Å². The van der Waals surface area contributed by atoms with Gasteiger partial charge in [0, 0.05) is 28.8 Å². The number of alkyl halides is 7. The average molecular weight is 634 g/mol. The van der Waals surface area contributed by atoms with Crippen LogP contribution in [0.1, 0.15) is 30.2 Å². The number of halogens is 9. The Bertz CT molecular complexity index is 1620. The second-order valence-corrected chi connectivity index (χ2v) is 9.57. The Kier molecular flexibility index (Phi) is 9.47. The molecule has 236 valence electrons. The molecule has 0 aliphatic rings. The van der Waals surface area contributed by atoms with Crippen molar-refractivity contribution in [2.45, 2.75) is 38.0 Å². The van der Waals surface area contributed by atoms with Crippen LogP contribution < -0.4 is 14.6 Å². The molecule has 1 atom stereocenters. The van der Waals surface area contributed by atoms with Crippen molar-refractivity contribution >= 4 is 16.6 Å². The van der Waals surface area contributed by atoms with E-state index >= 15 is 4.48 Å². The zero-order valence-corrected chi connectivity index (χ0v) is 23.0. The van der Waals surface area contributed by atoms with Crippen molar-refractivity contribution < 1.29 is 54.2 Å². The Labute approximate surface area is 244 Å². The summed E-state index contributed by atoms with van der Waals surface area (Å²) in [4.78, 5) is 7.75. The molecule has 44 heavy (non-hydrogen) atoms. The molecule has 0 saturated carbocycles. The summed E-state index contributed by atoms with van der Waals surface area (Å²) >= 11 is 0. The van der Waals surface area contributed by atoms with Gasteiger partial charge in [0.05, 0.1) is 25.0 Å². The van der Waals surface area contributed by atoms with Crippen LogP contribution >= 0.6 is 0 Å². The SMILES string of the molecule is CCc1cc([C@@](O)(CN(F)c2cc(OC)c3ncc(C(F)F)cc3c2)C(F)(F)F)nc(-c2ccc(F)cc2)c1OCC(F)F. The first-order chi connectivity index (χ1) is 20.7. The van der Waals surface area contributed by atoms with Crippen LogP contribution in [0, 0.1) is 5.82 Å². The standard InChI is InChI=1S/C29H24F9N3O3/c1-3-15-10-22(40-25(26(15)44-13-23(31)32)16-4-6-19(30)7-5-16)28(42,29(35,36)37)14-41(38)20-9-17-8-18(27(33)34)12-39-24(17)21(11-20)43-2/h4-12,23,27,42H,3,13-14H2,1-2H3/t28-/m0/s1. The lowest BCUT2D eigenvalue weighted by atomic mass is 9.94. The second-order valence-electron chi connectivity index (χ2n) is 9.57. The van der Waals surface area contributed by atoms with Gasteiger partial charge in [0.25, 0.3) is 12.9 Å². The van der Waals surface area contributed by atoms with Crippen molar-refractivity contribution in [1.29, 1.82) is 0 Å². The monoisotopic (exact) mass is 633 g/mol. The number of aromatic nitrogens is 2. The third-order valence-electron chi connectivity index (χ3n) is 6.67. The highest BCUT2D eigenvalue weighted by Gasteiger charge is 2.58. The lowest BCUT2D eigenvalue weighted by Crippen LogP contribution is -2.50. The minimum atomic E-state index is -5.56. The van der Waals surface area contributed by atoms with E-state index < -0.39 is 71.4 Å². The molecule has 0 radical (unpaired) electrons. The van der Waals surface area contributed by atoms with Crippen LogP contribution in [-0.4, -0.2) is 47.9 Å². The molecule has 0 amide bonds. The lowest BCUT2D eigenvalue weighted by Gasteiger charge is -2.33. The van der Waals surface area contributed by atoms with Crippen molar-refractivity contribution in [3.63, 3.8) is 0 Å². The minimum absolute atomic E-state index is 0.0257. The maximum absolute atomic E-state index is 15.7. The number of methoxy groups -OCH3 is 1. The highest BCUT2D eigenvalue weighted by Crippen LogP contribution is 2.44. The maximum Gasteiger partial charge on any atom is 0.424 e. The van der Waals surface area contributed by atoms with Crippen molar-refractivity contribution in [1.82, 2.24) is 9.97 Å². The van der Waals surface area contributed by atoms with E-state index in [9.17, 15) is 40.2 Å². The molecular weight excluding hydrogens is 609 g/mol. The Morgan fingerprint density at radius 1 is 1.00 bits per heavy atom. The van der Waals surface area contributed by atoms with Gasteiger partial charge in [0.15, 0.2) is 0 Å². The number of anilines is 1. The van der Waals surface area contributed by atoms with Gasteiger partial charge in [0.2, 0.25) is 5.60 Å².